The highest BCUT2D eigenvalue weighted by atomic mass is 32.2. The first-order valence-corrected chi connectivity index (χ1v) is 5.92. The molecule has 1 aromatic rings. The van der Waals surface area contributed by atoms with Crippen molar-refractivity contribution in [2.24, 2.45) is 0 Å². The van der Waals surface area contributed by atoms with Gasteiger partial charge in [0.25, 0.3) is 5.91 Å². The van der Waals surface area contributed by atoms with Crippen LogP contribution in [0.3, 0.4) is 0 Å². The van der Waals surface area contributed by atoms with Gasteiger partial charge in [-0.1, -0.05) is 36.1 Å². The Kier molecular flexibility index (Phi) is 3.30. The molecule has 0 saturated carbocycles. The van der Waals surface area contributed by atoms with Crippen molar-refractivity contribution in [1.29, 1.82) is 0 Å². The number of hydrogen-bond donors (Lipinski definition) is 2. The molecule has 0 aliphatic carbocycles. The highest BCUT2D eigenvalue weighted by Crippen LogP contribution is 2.33. The van der Waals surface area contributed by atoms with Crippen molar-refractivity contribution in [2.45, 2.75) is 0 Å². The second kappa shape index (κ2) is 4.75. The molecular weight excluding hydrogens is 276 g/mol. The maximum atomic E-state index is 11.4. The highest BCUT2D eigenvalue weighted by molar-refractivity contribution is 8.26. The van der Waals surface area contributed by atoms with Gasteiger partial charge in [-0.2, -0.15) is 0 Å². The SMILES string of the molecule is O=C1NC(=S)S/C1=C/c1cccc([N+](=O)[O-])c1O. The maximum Gasteiger partial charge on any atom is 0.311 e. The van der Waals surface area contributed by atoms with Crippen molar-refractivity contribution in [3.05, 3.63) is 38.8 Å². The number of thiocarbonyl (C=S) groups is 1. The summed E-state index contributed by atoms with van der Waals surface area (Å²) in [5, 5.41) is 22.8. The number of rotatable bonds is 2. The van der Waals surface area contributed by atoms with Crippen LogP contribution in [0.5, 0.6) is 5.75 Å². The third-order valence-corrected chi connectivity index (χ3v) is 3.33. The zero-order valence-electron chi connectivity index (χ0n) is 8.75. The molecule has 2 N–H and O–H groups in total. The van der Waals surface area contributed by atoms with E-state index in [0.29, 0.717) is 4.32 Å². The fraction of sp³-hybridized carbons (Fsp3) is 0. The van der Waals surface area contributed by atoms with Crippen LogP contribution in [0, 0.1) is 10.1 Å². The Labute approximate surface area is 111 Å². The first-order valence-electron chi connectivity index (χ1n) is 4.70. The number of hydrogen-bond acceptors (Lipinski definition) is 6. The molecule has 0 atom stereocenters. The van der Waals surface area contributed by atoms with Crippen molar-refractivity contribution < 1.29 is 14.8 Å². The van der Waals surface area contributed by atoms with E-state index >= 15 is 0 Å². The van der Waals surface area contributed by atoms with Crippen LogP contribution >= 0.6 is 24.0 Å². The van der Waals surface area contributed by atoms with Crippen LogP contribution in [0.15, 0.2) is 23.1 Å². The summed E-state index contributed by atoms with van der Waals surface area (Å²) in [4.78, 5) is 21.7. The predicted octanol–water partition coefficient (Wildman–Crippen LogP) is 1.79. The molecule has 1 aliphatic rings. The first-order chi connectivity index (χ1) is 8.49. The van der Waals surface area contributed by atoms with Crippen LogP contribution in [-0.4, -0.2) is 20.3 Å². The van der Waals surface area contributed by atoms with Crippen molar-refractivity contribution in [2.75, 3.05) is 0 Å². The monoisotopic (exact) mass is 282 g/mol. The number of aromatic hydroxyl groups is 1. The fourth-order valence-electron chi connectivity index (χ4n) is 1.37. The lowest BCUT2D eigenvalue weighted by Gasteiger charge is -2.00. The van der Waals surface area contributed by atoms with E-state index in [9.17, 15) is 20.0 Å². The van der Waals surface area contributed by atoms with Gasteiger partial charge in [0.2, 0.25) is 5.75 Å². The van der Waals surface area contributed by atoms with Gasteiger partial charge >= 0.3 is 5.69 Å². The summed E-state index contributed by atoms with van der Waals surface area (Å²) >= 11 is 5.85. The molecule has 1 aromatic carbocycles. The minimum absolute atomic E-state index is 0.201. The standard InChI is InChI=1S/C10H6N2O4S2/c13-8-5(2-1-3-6(8)12(15)16)4-7-9(14)11-10(17)18-7/h1-4,13H,(H,11,14,17)/b7-4+. The summed E-state index contributed by atoms with van der Waals surface area (Å²) in [6.45, 7) is 0. The summed E-state index contributed by atoms with van der Waals surface area (Å²) in [6.07, 6.45) is 1.36. The van der Waals surface area contributed by atoms with Gasteiger partial charge < -0.3 is 10.4 Å². The van der Waals surface area contributed by atoms with Crippen molar-refractivity contribution in [1.82, 2.24) is 5.32 Å². The van der Waals surface area contributed by atoms with E-state index in [0.717, 1.165) is 11.8 Å². The van der Waals surface area contributed by atoms with E-state index in [-0.39, 0.29) is 16.4 Å². The Morgan fingerprint density at radius 1 is 1.50 bits per heavy atom. The minimum Gasteiger partial charge on any atom is -0.502 e. The zero-order valence-corrected chi connectivity index (χ0v) is 10.4. The number of carbonyl (C=O) groups is 1. The van der Waals surface area contributed by atoms with E-state index in [2.05, 4.69) is 5.32 Å². The highest BCUT2D eigenvalue weighted by Gasteiger charge is 2.23. The molecule has 18 heavy (non-hydrogen) atoms. The average Bonchev–Trinajstić information content (AvgIpc) is 2.60. The Hall–Kier alpha value is -1.93. The molecule has 0 radical (unpaired) electrons. The third kappa shape index (κ3) is 2.34. The van der Waals surface area contributed by atoms with E-state index < -0.39 is 16.4 Å². The van der Waals surface area contributed by atoms with Crippen LogP contribution in [0.25, 0.3) is 6.08 Å². The van der Waals surface area contributed by atoms with Gasteiger partial charge in [0.1, 0.15) is 4.32 Å². The Morgan fingerprint density at radius 2 is 2.22 bits per heavy atom. The van der Waals surface area contributed by atoms with Gasteiger partial charge in [-0.05, 0) is 6.08 Å². The van der Waals surface area contributed by atoms with Crippen molar-refractivity contribution in [3.63, 3.8) is 0 Å². The van der Waals surface area contributed by atoms with Gasteiger partial charge in [-0.25, -0.2) is 0 Å². The van der Waals surface area contributed by atoms with Crippen LogP contribution < -0.4 is 5.32 Å². The first kappa shape index (κ1) is 12.5. The van der Waals surface area contributed by atoms with Gasteiger partial charge in [0.05, 0.1) is 9.83 Å². The van der Waals surface area contributed by atoms with E-state index in [1.807, 2.05) is 0 Å². The molecule has 2 rings (SSSR count). The normalized spacial score (nSPS) is 17.0. The molecule has 1 aliphatic heterocycles. The predicted molar refractivity (Wildman–Crippen MR) is 71.1 cm³/mol. The topological polar surface area (TPSA) is 92.5 Å². The fourth-order valence-corrected chi connectivity index (χ4v) is 2.41. The molecule has 0 aromatic heterocycles. The molecule has 0 spiro atoms. The lowest BCUT2D eigenvalue weighted by Crippen LogP contribution is -2.17. The van der Waals surface area contributed by atoms with Crippen LogP contribution in [0.2, 0.25) is 0 Å². The van der Waals surface area contributed by atoms with Crippen LogP contribution in [0.4, 0.5) is 5.69 Å². The summed E-state index contributed by atoms with van der Waals surface area (Å²) < 4.78 is 0.316. The molecule has 1 amide bonds. The third-order valence-electron chi connectivity index (χ3n) is 2.17. The largest absolute Gasteiger partial charge is 0.502 e. The maximum absolute atomic E-state index is 11.4. The number of nitrogens with zero attached hydrogens (tertiary/aromatic N) is 1. The number of phenols is 1. The zero-order chi connectivity index (χ0) is 13.3. The van der Waals surface area contributed by atoms with E-state index in [1.54, 1.807) is 0 Å². The lowest BCUT2D eigenvalue weighted by atomic mass is 10.1. The minimum atomic E-state index is -0.691. The molecule has 92 valence electrons. The van der Waals surface area contributed by atoms with E-state index in [4.69, 9.17) is 12.2 Å². The Morgan fingerprint density at radius 3 is 2.78 bits per heavy atom. The number of nitro groups is 1. The number of para-hydroxylation sites is 1. The van der Waals surface area contributed by atoms with Gasteiger partial charge in [0.15, 0.2) is 0 Å². The summed E-state index contributed by atoms with van der Waals surface area (Å²) in [5.41, 5.74) is -0.207. The summed E-state index contributed by atoms with van der Waals surface area (Å²) in [5.74, 6) is -0.850. The molecule has 0 bridgehead atoms. The van der Waals surface area contributed by atoms with E-state index in [1.165, 1.54) is 24.3 Å². The molecule has 1 heterocycles. The van der Waals surface area contributed by atoms with Crippen LogP contribution in [-0.2, 0) is 4.79 Å². The van der Waals surface area contributed by atoms with Gasteiger partial charge in [-0.15, -0.1) is 0 Å². The average molecular weight is 282 g/mol. The molecule has 0 unspecified atom stereocenters. The molecule has 1 saturated heterocycles. The smallest absolute Gasteiger partial charge is 0.311 e. The quantitative estimate of drug-likeness (QED) is 0.372. The summed E-state index contributed by atoms with van der Waals surface area (Å²) in [7, 11) is 0. The number of thioether (sulfide) groups is 1. The Bertz CT molecular complexity index is 598. The Balaban J connectivity index is 2.44. The molecular formula is C10H6N2O4S2. The second-order valence-corrected chi connectivity index (χ2v) is 5.04. The van der Waals surface area contributed by atoms with Crippen LogP contribution in [0.1, 0.15) is 5.56 Å². The summed E-state index contributed by atoms with van der Waals surface area (Å²) in [6, 6.07) is 4.09. The molecule has 1 fully saturated rings. The lowest BCUT2D eigenvalue weighted by molar-refractivity contribution is -0.385. The second-order valence-electron chi connectivity index (χ2n) is 3.32. The number of benzene rings is 1. The number of nitro benzene ring substituents is 1. The van der Waals surface area contributed by atoms with Crippen molar-refractivity contribution >= 4 is 46.0 Å². The van der Waals surface area contributed by atoms with Gasteiger partial charge in [0, 0.05) is 11.6 Å². The molecule has 8 heteroatoms. The number of carbonyl (C=O) groups excluding carboxylic acids is 1. The van der Waals surface area contributed by atoms with Gasteiger partial charge in [-0.3, -0.25) is 14.9 Å². The number of amides is 1. The number of nitrogens with one attached hydrogen (secondary N) is 1. The molecule has 6 nitrogen and oxygen atoms in total. The van der Waals surface area contributed by atoms with Crippen molar-refractivity contribution in [3.8, 4) is 5.75 Å². The number of phenolic OH excluding ortho intramolecular Hbond substituents is 1.